The highest BCUT2D eigenvalue weighted by Crippen LogP contribution is 2.16. The third-order valence-corrected chi connectivity index (χ3v) is 3.76. The Labute approximate surface area is 109 Å². The van der Waals surface area contributed by atoms with Crippen molar-refractivity contribution in [3.63, 3.8) is 0 Å². The molecule has 1 saturated heterocycles. The fourth-order valence-electron chi connectivity index (χ4n) is 2.30. The SMILES string of the molecule is CC(CCC(=O)NCC[C@@H]1CCCN1C)C(N)=O. The molecule has 0 radical (unpaired) electrons. The number of primary amides is 1. The Balaban J connectivity index is 2.08. The normalized spacial score (nSPS) is 21.8. The maximum absolute atomic E-state index is 11.5. The van der Waals surface area contributed by atoms with Crippen molar-refractivity contribution in [2.24, 2.45) is 11.7 Å². The molecule has 1 heterocycles. The second kappa shape index (κ2) is 7.36. The van der Waals surface area contributed by atoms with Crippen LogP contribution in [0.3, 0.4) is 0 Å². The van der Waals surface area contributed by atoms with Crippen molar-refractivity contribution in [2.45, 2.75) is 45.1 Å². The van der Waals surface area contributed by atoms with Crippen LogP contribution in [0, 0.1) is 5.92 Å². The summed E-state index contributed by atoms with van der Waals surface area (Å²) in [5.74, 6) is -0.546. The van der Waals surface area contributed by atoms with Crippen molar-refractivity contribution in [3.05, 3.63) is 0 Å². The molecule has 1 aliphatic rings. The minimum absolute atomic E-state index is 0.0174. The van der Waals surface area contributed by atoms with Crippen LogP contribution in [0.25, 0.3) is 0 Å². The second-order valence-corrected chi connectivity index (χ2v) is 5.26. The lowest BCUT2D eigenvalue weighted by atomic mass is 10.1. The predicted molar refractivity (Wildman–Crippen MR) is 70.9 cm³/mol. The van der Waals surface area contributed by atoms with E-state index in [9.17, 15) is 9.59 Å². The van der Waals surface area contributed by atoms with Gasteiger partial charge in [-0.3, -0.25) is 9.59 Å². The zero-order chi connectivity index (χ0) is 13.5. The summed E-state index contributed by atoms with van der Waals surface area (Å²) in [6, 6.07) is 0.606. The molecule has 2 amide bonds. The summed E-state index contributed by atoms with van der Waals surface area (Å²) in [4.78, 5) is 24.7. The number of nitrogens with zero attached hydrogens (tertiary/aromatic N) is 1. The number of rotatable bonds is 7. The third kappa shape index (κ3) is 5.04. The first kappa shape index (κ1) is 15.0. The summed E-state index contributed by atoms with van der Waals surface area (Å²) in [5.41, 5.74) is 5.14. The van der Waals surface area contributed by atoms with E-state index in [2.05, 4.69) is 17.3 Å². The maximum atomic E-state index is 11.5. The van der Waals surface area contributed by atoms with Crippen molar-refractivity contribution in [1.29, 1.82) is 0 Å². The van der Waals surface area contributed by atoms with Crippen molar-refractivity contribution < 1.29 is 9.59 Å². The van der Waals surface area contributed by atoms with Gasteiger partial charge in [0.15, 0.2) is 0 Å². The van der Waals surface area contributed by atoms with Crippen LogP contribution < -0.4 is 11.1 Å². The molecule has 1 fully saturated rings. The standard InChI is InChI=1S/C13H25N3O2/c1-10(13(14)18)5-6-12(17)15-8-7-11-4-3-9-16(11)2/h10-11H,3-9H2,1-2H3,(H2,14,18)(H,15,17)/t10?,11-/m0/s1. The Morgan fingerprint density at radius 1 is 1.50 bits per heavy atom. The van der Waals surface area contributed by atoms with Crippen LogP contribution in [0.2, 0.25) is 0 Å². The van der Waals surface area contributed by atoms with E-state index >= 15 is 0 Å². The van der Waals surface area contributed by atoms with E-state index in [1.54, 1.807) is 6.92 Å². The molecule has 2 atom stereocenters. The Morgan fingerprint density at radius 2 is 2.22 bits per heavy atom. The molecule has 5 heteroatoms. The number of likely N-dealkylation sites (tertiary alicyclic amines) is 1. The number of hydrogen-bond acceptors (Lipinski definition) is 3. The zero-order valence-electron chi connectivity index (χ0n) is 11.4. The minimum atomic E-state index is -0.338. The number of hydrogen-bond donors (Lipinski definition) is 2. The average molecular weight is 255 g/mol. The second-order valence-electron chi connectivity index (χ2n) is 5.26. The van der Waals surface area contributed by atoms with E-state index in [0.29, 0.717) is 18.9 Å². The van der Waals surface area contributed by atoms with E-state index in [0.717, 1.165) is 19.5 Å². The molecule has 18 heavy (non-hydrogen) atoms. The fourth-order valence-corrected chi connectivity index (χ4v) is 2.30. The molecular formula is C13H25N3O2. The largest absolute Gasteiger partial charge is 0.369 e. The molecule has 3 N–H and O–H groups in total. The fraction of sp³-hybridized carbons (Fsp3) is 0.846. The predicted octanol–water partition coefficient (Wildman–Crippen LogP) is 0.489. The summed E-state index contributed by atoms with van der Waals surface area (Å²) in [6.45, 7) is 3.64. The van der Waals surface area contributed by atoms with Gasteiger partial charge < -0.3 is 16.0 Å². The molecule has 0 bridgehead atoms. The summed E-state index contributed by atoms with van der Waals surface area (Å²) < 4.78 is 0. The van der Waals surface area contributed by atoms with Gasteiger partial charge in [0.05, 0.1) is 0 Å². The molecule has 1 unspecified atom stereocenters. The lowest BCUT2D eigenvalue weighted by Gasteiger charge is -2.19. The Bertz CT molecular complexity index is 294. The molecule has 104 valence electrons. The highest BCUT2D eigenvalue weighted by molar-refractivity contribution is 5.79. The number of nitrogens with one attached hydrogen (secondary N) is 1. The van der Waals surface area contributed by atoms with Crippen LogP contribution >= 0.6 is 0 Å². The third-order valence-electron chi connectivity index (χ3n) is 3.76. The molecule has 0 aliphatic carbocycles. The van der Waals surface area contributed by atoms with Gasteiger partial charge in [0, 0.05) is 24.9 Å². The van der Waals surface area contributed by atoms with E-state index in [1.807, 2.05) is 0 Å². The smallest absolute Gasteiger partial charge is 0.220 e. The molecule has 0 aromatic heterocycles. The van der Waals surface area contributed by atoms with Crippen LogP contribution in [0.1, 0.15) is 39.0 Å². The first-order chi connectivity index (χ1) is 8.50. The van der Waals surface area contributed by atoms with Gasteiger partial charge in [0.25, 0.3) is 0 Å². The van der Waals surface area contributed by atoms with Crippen LogP contribution in [-0.4, -0.2) is 42.9 Å². The molecule has 1 rings (SSSR count). The van der Waals surface area contributed by atoms with Crippen LogP contribution in [0.4, 0.5) is 0 Å². The van der Waals surface area contributed by atoms with Gasteiger partial charge >= 0.3 is 0 Å². The summed E-state index contributed by atoms with van der Waals surface area (Å²) in [7, 11) is 2.13. The summed E-state index contributed by atoms with van der Waals surface area (Å²) >= 11 is 0. The molecule has 0 aromatic carbocycles. The van der Waals surface area contributed by atoms with E-state index < -0.39 is 0 Å². The molecule has 0 spiro atoms. The van der Waals surface area contributed by atoms with Gasteiger partial charge in [-0.05, 0) is 39.3 Å². The van der Waals surface area contributed by atoms with Gasteiger partial charge in [0.2, 0.25) is 11.8 Å². The number of amides is 2. The summed E-state index contributed by atoms with van der Waals surface area (Å²) in [6.07, 6.45) is 4.40. The number of carbonyl (C=O) groups is 2. The lowest BCUT2D eigenvalue weighted by molar-refractivity contribution is -0.123. The van der Waals surface area contributed by atoms with Crippen LogP contribution in [0.15, 0.2) is 0 Å². The van der Waals surface area contributed by atoms with Crippen LogP contribution in [0.5, 0.6) is 0 Å². The van der Waals surface area contributed by atoms with Crippen molar-refractivity contribution in [2.75, 3.05) is 20.1 Å². The van der Waals surface area contributed by atoms with Crippen LogP contribution in [-0.2, 0) is 9.59 Å². The number of carbonyl (C=O) groups excluding carboxylic acids is 2. The Kier molecular flexibility index (Phi) is 6.12. The van der Waals surface area contributed by atoms with E-state index in [-0.39, 0.29) is 17.7 Å². The maximum Gasteiger partial charge on any atom is 0.220 e. The van der Waals surface area contributed by atoms with Crippen molar-refractivity contribution >= 4 is 11.8 Å². The first-order valence-electron chi connectivity index (χ1n) is 6.77. The van der Waals surface area contributed by atoms with Gasteiger partial charge in [-0.1, -0.05) is 6.92 Å². The Morgan fingerprint density at radius 3 is 2.78 bits per heavy atom. The molecular weight excluding hydrogens is 230 g/mol. The monoisotopic (exact) mass is 255 g/mol. The molecule has 5 nitrogen and oxygen atoms in total. The van der Waals surface area contributed by atoms with Gasteiger partial charge in [0.1, 0.15) is 0 Å². The van der Waals surface area contributed by atoms with Gasteiger partial charge in [-0.25, -0.2) is 0 Å². The number of nitrogens with two attached hydrogens (primary N) is 1. The molecule has 0 saturated carbocycles. The highest BCUT2D eigenvalue weighted by Gasteiger charge is 2.20. The average Bonchev–Trinajstić information content (AvgIpc) is 2.72. The summed E-state index contributed by atoms with van der Waals surface area (Å²) in [5, 5.41) is 2.91. The lowest BCUT2D eigenvalue weighted by Crippen LogP contribution is -2.32. The molecule has 0 aromatic rings. The van der Waals surface area contributed by atoms with E-state index in [4.69, 9.17) is 5.73 Å². The first-order valence-corrected chi connectivity index (χ1v) is 6.77. The zero-order valence-corrected chi connectivity index (χ0v) is 11.4. The van der Waals surface area contributed by atoms with E-state index in [1.165, 1.54) is 12.8 Å². The van der Waals surface area contributed by atoms with Crippen molar-refractivity contribution in [3.8, 4) is 0 Å². The van der Waals surface area contributed by atoms with Gasteiger partial charge in [-0.15, -0.1) is 0 Å². The Hall–Kier alpha value is -1.10. The quantitative estimate of drug-likeness (QED) is 0.695. The van der Waals surface area contributed by atoms with Gasteiger partial charge in [-0.2, -0.15) is 0 Å². The van der Waals surface area contributed by atoms with Crippen molar-refractivity contribution in [1.82, 2.24) is 10.2 Å². The topological polar surface area (TPSA) is 75.4 Å². The highest BCUT2D eigenvalue weighted by atomic mass is 16.2. The minimum Gasteiger partial charge on any atom is -0.369 e. The molecule has 1 aliphatic heterocycles.